The maximum atomic E-state index is 5.70. The van der Waals surface area contributed by atoms with Crippen LogP contribution in [0.2, 0.25) is 0 Å². The molecule has 0 saturated heterocycles. The fourth-order valence-electron chi connectivity index (χ4n) is 2.72. The number of aromatic nitrogens is 3. The first kappa shape index (κ1) is 22.6. The van der Waals surface area contributed by atoms with Crippen molar-refractivity contribution in [3.63, 3.8) is 0 Å². The van der Waals surface area contributed by atoms with Crippen molar-refractivity contribution >= 4 is 52.2 Å². The number of likely N-dealkylation sites (N-methyl/N-ethyl adjacent to an activating group) is 1. The zero-order valence-corrected chi connectivity index (χ0v) is 17.7. The number of thiophene rings is 1. The Bertz CT molecular complexity index is 838. The molecule has 3 rings (SSSR count). The lowest BCUT2D eigenvalue weighted by Gasteiger charge is -2.20. The number of nitrogens with two attached hydrogens (primary N) is 1. The zero-order chi connectivity index (χ0) is 17.1. The molecule has 0 spiro atoms. The number of pyridine rings is 1. The van der Waals surface area contributed by atoms with Crippen molar-refractivity contribution in [2.24, 2.45) is 5.73 Å². The summed E-state index contributed by atoms with van der Waals surface area (Å²) in [4.78, 5) is 18.5. The molecule has 0 unspecified atom stereocenters. The van der Waals surface area contributed by atoms with E-state index in [9.17, 15) is 0 Å². The molecule has 142 valence electrons. The van der Waals surface area contributed by atoms with Crippen LogP contribution in [-0.2, 0) is 12.8 Å². The second-order valence-electron chi connectivity index (χ2n) is 5.96. The van der Waals surface area contributed by atoms with Crippen LogP contribution >= 0.6 is 36.2 Å². The molecule has 3 aromatic heterocycles. The van der Waals surface area contributed by atoms with Gasteiger partial charge in [-0.1, -0.05) is 6.07 Å². The molecule has 3 heterocycles. The average Bonchev–Trinajstić information content (AvgIpc) is 2.87. The van der Waals surface area contributed by atoms with Crippen molar-refractivity contribution < 1.29 is 0 Å². The Morgan fingerprint density at radius 3 is 2.54 bits per heavy atom. The van der Waals surface area contributed by atoms with E-state index in [2.05, 4.69) is 36.8 Å². The number of anilines is 1. The van der Waals surface area contributed by atoms with Crippen LogP contribution < -0.4 is 10.6 Å². The van der Waals surface area contributed by atoms with Crippen molar-refractivity contribution in [2.75, 3.05) is 25.0 Å². The fraction of sp³-hybridized carbons (Fsp3) is 0.389. The number of halogens is 2. The highest BCUT2D eigenvalue weighted by atomic mass is 35.5. The van der Waals surface area contributed by atoms with Gasteiger partial charge in [0, 0.05) is 43.2 Å². The third-order valence-corrected chi connectivity index (χ3v) is 5.32. The Kier molecular flexibility index (Phi) is 8.70. The van der Waals surface area contributed by atoms with Crippen molar-refractivity contribution in [3.05, 3.63) is 46.4 Å². The highest BCUT2D eigenvalue weighted by Crippen LogP contribution is 2.34. The normalized spacial score (nSPS) is 10.3. The van der Waals surface area contributed by atoms with Crippen LogP contribution in [0.1, 0.15) is 22.0 Å². The van der Waals surface area contributed by atoms with Crippen molar-refractivity contribution in [3.8, 4) is 0 Å². The van der Waals surface area contributed by atoms with E-state index < -0.39 is 0 Å². The molecular formula is C18H25Cl2N5S. The Labute approximate surface area is 170 Å². The smallest absolute Gasteiger partial charge is 0.141 e. The van der Waals surface area contributed by atoms with Gasteiger partial charge in [-0.3, -0.25) is 4.98 Å². The Hall–Kier alpha value is -1.47. The van der Waals surface area contributed by atoms with E-state index in [0.717, 1.165) is 35.1 Å². The molecule has 26 heavy (non-hydrogen) atoms. The number of hydrogen-bond donors (Lipinski definition) is 1. The third-order valence-electron chi connectivity index (χ3n) is 4.21. The molecule has 3 aromatic rings. The zero-order valence-electron chi connectivity index (χ0n) is 15.2. The number of rotatable bonds is 6. The second kappa shape index (κ2) is 10.0. The molecule has 0 radical (unpaired) electrons. The summed E-state index contributed by atoms with van der Waals surface area (Å²) in [6, 6.07) is 6.03. The topological polar surface area (TPSA) is 67.9 Å². The molecule has 0 aliphatic heterocycles. The molecule has 0 aliphatic rings. The van der Waals surface area contributed by atoms with Crippen LogP contribution in [0.5, 0.6) is 0 Å². The molecule has 0 amide bonds. The summed E-state index contributed by atoms with van der Waals surface area (Å²) < 4.78 is 0. The summed E-state index contributed by atoms with van der Waals surface area (Å²) >= 11 is 1.73. The highest BCUT2D eigenvalue weighted by Gasteiger charge is 2.17. The predicted octanol–water partition coefficient (Wildman–Crippen LogP) is 3.73. The molecule has 2 N–H and O–H groups in total. The summed E-state index contributed by atoms with van der Waals surface area (Å²) in [5.41, 5.74) is 8.07. The summed E-state index contributed by atoms with van der Waals surface area (Å²) in [7, 11) is 2.09. The van der Waals surface area contributed by atoms with Crippen LogP contribution in [0.15, 0.2) is 24.4 Å². The standard InChI is InChI=1S/C18H23N5S.2ClH/c1-12-13(2)24-18-16(12)17(21-15(22-18)7-9-19)23(3)11-8-14-6-4-5-10-20-14;;/h4-6,10H,7-9,11,19H2,1-3H3;2*1H. The molecular weight excluding hydrogens is 389 g/mol. The molecule has 0 atom stereocenters. The van der Waals surface area contributed by atoms with E-state index in [1.165, 1.54) is 15.8 Å². The lowest BCUT2D eigenvalue weighted by Crippen LogP contribution is -2.23. The first-order valence-corrected chi connectivity index (χ1v) is 8.99. The van der Waals surface area contributed by atoms with Crippen LogP contribution in [0.4, 0.5) is 5.82 Å². The highest BCUT2D eigenvalue weighted by molar-refractivity contribution is 7.18. The first-order chi connectivity index (χ1) is 11.6. The van der Waals surface area contributed by atoms with Gasteiger partial charge in [0.2, 0.25) is 0 Å². The van der Waals surface area contributed by atoms with Crippen molar-refractivity contribution in [2.45, 2.75) is 26.7 Å². The van der Waals surface area contributed by atoms with E-state index in [1.54, 1.807) is 11.3 Å². The van der Waals surface area contributed by atoms with Crippen LogP contribution in [0.25, 0.3) is 10.2 Å². The van der Waals surface area contributed by atoms with E-state index >= 15 is 0 Å². The van der Waals surface area contributed by atoms with Gasteiger partial charge in [0.25, 0.3) is 0 Å². The fourth-order valence-corrected chi connectivity index (χ4v) is 3.77. The molecule has 0 saturated carbocycles. The Balaban J connectivity index is 0.00000169. The summed E-state index contributed by atoms with van der Waals surface area (Å²) in [6.07, 6.45) is 3.42. The van der Waals surface area contributed by atoms with Gasteiger partial charge < -0.3 is 10.6 Å². The molecule has 8 heteroatoms. The summed E-state index contributed by atoms with van der Waals surface area (Å²) in [5, 5.41) is 1.17. The number of hydrogen-bond acceptors (Lipinski definition) is 6. The number of aryl methyl sites for hydroxylation is 2. The number of fused-ring (bicyclic) bond motifs is 1. The van der Waals surface area contributed by atoms with E-state index in [-0.39, 0.29) is 24.8 Å². The van der Waals surface area contributed by atoms with E-state index in [4.69, 9.17) is 15.7 Å². The van der Waals surface area contributed by atoms with E-state index in [1.807, 2.05) is 18.3 Å². The van der Waals surface area contributed by atoms with Gasteiger partial charge in [0.1, 0.15) is 16.5 Å². The minimum absolute atomic E-state index is 0. The van der Waals surface area contributed by atoms with E-state index in [0.29, 0.717) is 13.0 Å². The second-order valence-corrected chi connectivity index (χ2v) is 7.16. The third kappa shape index (κ3) is 4.82. The van der Waals surface area contributed by atoms with Gasteiger partial charge in [-0.05, 0) is 38.1 Å². The Morgan fingerprint density at radius 1 is 1.12 bits per heavy atom. The summed E-state index contributed by atoms with van der Waals surface area (Å²) in [5.74, 6) is 1.83. The first-order valence-electron chi connectivity index (χ1n) is 8.18. The number of nitrogens with zero attached hydrogens (tertiary/aromatic N) is 4. The van der Waals surface area contributed by atoms with Gasteiger partial charge in [0.15, 0.2) is 0 Å². The van der Waals surface area contributed by atoms with Gasteiger partial charge >= 0.3 is 0 Å². The Morgan fingerprint density at radius 2 is 1.88 bits per heavy atom. The minimum atomic E-state index is 0. The van der Waals surface area contributed by atoms with Crippen molar-refractivity contribution in [1.82, 2.24) is 15.0 Å². The van der Waals surface area contributed by atoms with Crippen LogP contribution in [0, 0.1) is 13.8 Å². The quantitative estimate of drug-likeness (QED) is 0.666. The van der Waals surface area contributed by atoms with Gasteiger partial charge in [-0.15, -0.1) is 36.2 Å². The van der Waals surface area contributed by atoms with Crippen molar-refractivity contribution in [1.29, 1.82) is 0 Å². The largest absolute Gasteiger partial charge is 0.359 e. The maximum absolute atomic E-state index is 5.70. The monoisotopic (exact) mass is 413 g/mol. The lowest BCUT2D eigenvalue weighted by atomic mass is 10.2. The maximum Gasteiger partial charge on any atom is 0.141 e. The predicted molar refractivity (Wildman–Crippen MR) is 115 cm³/mol. The molecule has 5 nitrogen and oxygen atoms in total. The van der Waals surface area contributed by atoms with Crippen LogP contribution in [0.3, 0.4) is 0 Å². The van der Waals surface area contributed by atoms with Gasteiger partial charge in [-0.2, -0.15) is 0 Å². The molecule has 0 aromatic carbocycles. The SMILES string of the molecule is Cc1sc2nc(CCN)nc(N(C)CCc3ccccn3)c2c1C.Cl.Cl. The summed E-state index contributed by atoms with van der Waals surface area (Å²) in [6.45, 7) is 5.71. The molecule has 0 bridgehead atoms. The van der Waals surface area contributed by atoms with Gasteiger partial charge in [-0.25, -0.2) is 9.97 Å². The van der Waals surface area contributed by atoms with Crippen LogP contribution in [-0.4, -0.2) is 35.1 Å². The molecule has 0 fully saturated rings. The minimum Gasteiger partial charge on any atom is -0.359 e. The molecule has 0 aliphatic carbocycles. The average molecular weight is 414 g/mol. The van der Waals surface area contributed by atoms with Gasteiger partial charge in [0.05, 0.1) is 5.39 Å². The lowest BCUT2D eigenvalue weighted by molar-refractivity contribution is 0.821.